The quantitative estimate of drug-likeness (QED) is 0.480. The lowest BCUT2D eigenvalue weighted by molar-refractivity contribution is -0.0798. The topological polar surface area (TPSA) is 58.3 Å². The van der Waals surface area contributed by atoms with Crippen LogP contribution in [0.2, 0.25) is 0 Å². The normalized spacial score (nSPS) is 24.0. The van der Waals surface area contributed by atoms with Gasteiger partial charge in [0.1, 0.15) is 0 Å². The van der Waals surface area contributed by atoms with Crippen molar-refractivity contribution >= 4 is 0 Å². The van der Waals surface area contributed by atoms with Gasteiger partial charge >= 0.3 is 0 Å². The van der Waals surface area contributed by atoms with Gasteiger partial charge in [0.25, 0.3) is 0 Å². The molecule has 3 heteroatoms. The Morgan fingerprint density at radius 1 is 1.60 bits per heavy atom. The van der Waals surface area contributed by atoms with Gasteiger partial charge in [0.05, 0.1) is 5.60 Å². The Labute approximate surface area is 61.6 Å². The van der Waals surface area contributed by atoms with Gasteiger partial charge in [-0.2, -0.15) is 0 Å². The average molecular weight is 144 g/mol. The maximum absolute atomic E-state index is 9.67. The zero-order valence-electron chi connectivity index (χ0n) is 6.65. The van der Waals surface area contributed by atoms with Gasteiger partial charge in [-0.3, -0.25) is 0 Å². The highest BCUT2D eigenvalue weighted by molar-refractivity contribution is 5.03. The fourth-order valence-electron chi connectivity index (χ4n) is 1.25. The van der Waals surface area contributed by atoms with Gasteiger partial charge in [-0.1, -0.05) is 0 Å². The van der Waals surface area contributed by atoms with E-state index in [0.29, 0.717) is 6.54 Å². The first kappa shape index (κ1) is 7.98. The van der Waals surface area contributed by atoms with Crippen LogP contribution in [0.4, 0.5) is 0 Å². The summed E-state index contributed by atoms with van der Waals surface area (Å²) in [5, 5.41) is 12.8. The molecule has 0 unspecified atom stereocenters. The minimum atomic E-state index is -0.646. The van der Waals surface area contributed by atoms with Crippen LogP contribution in [0, 0.1) is 5.41 Å². The Balaban J connectivity index is 2.65. The van der Waals surface area contributed by atoms with Crippen molar-refractivity contribution < 1.29 is 5.11 Å². The zero-order valence-corrected chi connectivity index (χ0v) is 6.65. The van der Waals surface area contributed by atoms with E-state index in [9.17, 15) is 5.11 Å². The third-order valence-corrected chi connectivity index (χ3v) is 2.62. The molecule has 0 spiro atoms. The van der Waals surface area contributed by atoms with E-state index < -0.39 is 5.60 Å². The first-order valence-electron chi connectivity index (χ1n) is 3.65. The molecule has 1 saturated heterocycles. The molecule has 1 heterocycles. The molecule has 1 fully saturated rings. The van der Waals surface area contributed by atoms with Crippen molar-refractivity contribution in [3.63, 3.8) is 0 Å². The fourth-order valence-corrected chi connectivity index (χ4v) is 1.25. The molecule has 0 atom stereocenters. The molecule has 60 valence electrons. The summed E-state index contributed by atoms with van der Waals surface area (Å²) in [6, 6.07) is 0. The first-order chi connectivity index (χ1) is 4.52. The van der Waals surface area contributed by atoms with Gasteiger partial charge in [0, 0.05) is 25.0 Å². The molecule has 0 aromatic carbocycles. The van der Waals surface area contributed by atoms with Crippen molar-refractivity contribution in [1.29, 1.82) is 0 Å². The maximum Gasteiger partial charge on any atom is 0.0684 e. The Bertz CT molecular complexity index is 119. The number of hydrogen-bond donors (Lipinski definition) is 3. The van der Waals surface area contributed by atoms with E-state index in [-0.39, 0.29) is 5.41 Å². The summed E-state index contributed by atoms with van der Waals surface area (Å²) < 4.78 is 0. The number of aliphatic hydroxyl groups is 1. The van der Waals surface area contributed by atoms with Crippen LogP contribution < -0.4 is 11.1 Å². The highest BCUT2D eigenvalue weighted by Gasteiger charge is 2.47. The monoisotopic (exact) mass is 144 g/mol. The number of rotatable bonds is 2. The molecular weight excluding hydrogens is 128 g/mol. The predicted octanol–water partition coefficient (Wildman–Crippen LogP) is -0.694. The standard InChI is InChI=1S/C7H16N2O/c1-6(2,10)7(3-8)4-9-5-7/h9-10H,3-5,8H2,1-2H3. The van der Waals surface area contributed by atoms with E-state index in [2.05, 4.69) is 5.32 Å². The largest absolute Gasteiger partial charge is 0.390 e. The van der Waals surface area contributed by atoms with Crippen LogP contribution >= 0.6 is 0 Å². The van der Waals surface area contributed by atoms with Crippen LogP contribution in [0.15, 0.2) is 0 Å². The molecule has 0 aromatic rings. The summed E-state index contributed by atoms with van der Waals surface area (Å²) in [5.41, 5.74) is 4.83. The van der Waals surface area contributed by atoms with Gasteiger partial charge in [-0.15, -0.1) is 0 Å². The molecule has 4 N–H and O–H groups in total. The van der Waals surface area contributed by atoms with E-state index in [1.165, 1.54) is 0 Å². The van der Waals surface area contributed by atoms with Crippen LogP contribution in [-0.2, 0) is 0 Å². The van der Waals surface area contributed by atoms with Crippen LogP contribution in [0.25, 0.3) is 0 Å². The van der Waals surface area contributed by atoms with E-state index in [1.54, 1.807) is 0 Å². The van der Waals surface area contributed by atoms with Crippen molar-refractivity contribution in [3.8, 4) is 0 Å². The van der Waals surface area contributed by atoms with Crippen molar-refractivity contribution in [3.05, 3.63) is 0 Å². The molecule has 0 bridgehead atoms. The maximum atomic E-state index is 9.67. The highest BCUT2D eigenvalue weighted by atomic mass is 16.3. The summed E-state index contributed by atoms with van der Waals surface area (Å²) in [6.45, 7) is 5.88. The lowest BCUT2D eigenvalue weighted by atomic mass is 9.69. The summed E-state index contributed by atoms with van der Waals surface area (Å²) in [4.78, 5) is 0. The van der Waals surface area contributed by atoms with Gasteiger partial charge < -0.3 is 16.2 Å². The molecule has 0 aliphatic carbocycles. The molecule has 0 aromatic heterocycles. The molecule has 0 amide bonds. The van der Waals surface area contributed by atoms with E-state index in [4.69, 9.17) is 5.73 Å². The third-order valence-electron chi connectivity index (χ3n) is 2.62. The van der Waals surface area contributed by atoms with Gasteiger partial charge in [-0.05, 0) is 13.8 Å². The second kappa shape index (κ2) is 2.19. The van der Waals surface area contributed by atoms with Crippen molar-refractivity contribution in [2.24, 2.45) is 11.1 Å². The Kier molecular flexibility index (Phi) is 1.75. The van der Waals surface area contributed by atoms with E-state index in [0.717, 1.165) is 13.1 Å². The SMILES string of the molecule is CC(C)(O)C1(CN)CNC1. The Morgan fingerprint density at radius 2 is 2.10 bits per heavy atom. The summed E-state index contributed by atoms with van der Waals surface area (Å²) >= 11 is 0. The zero-order chi connectivity index (χ0) is 7.83. The van der Waals surface area contributed by atoms with Crippen molar-refractivity contribution in [2.45, 2.75) is 19.4 Å². The molecule has 1 aliphatic rings. The first-order valence-corrected chi connectivity index (χ1v) is 3.65. The predicted molar refractivity (Wildman–Crippen MR) is 40.7 cm³/mol. The number of nitrogens with one attached hydrogen (secondary N) is 1. The second-order valence-corrected chi connectivity index (χ2v) is 3.65. The van der Waals surface area contributed by atoms with E-state index >= 15 is 0 Å². The third kappa shape index (κ3) is 0.944. The van der Waals surface area contributed by atoms with Crippen LogP contribution in [-0.4, -0.2) is 30.3 Å². The Hall–Kier alpha value is -0.120. The second-order valence-electron chi connectivity index (χ2n) is 3.65. The summed E-state index contributed by atoms with van der Waals surface area (Å²) in [7, 11) is 0. The molecule has 3 nitrogen and oxygen atoms in total. The van der Waals surface area contributed by atoms with Crippen LogP contribution in [0.3, 0.4) is 0 Å². The smallest absolute Gasteiger partial charge is 0.0684 e. The summed E-state index contributed by atoms with van der Waals surface area (Å²) in [6.07, 6.45) is 0. The minimum Gasteiger partial charge on any atom is -0.390 e. The van der Waals surface area contributed by atoms with Crippen LogP contribution in [0.1, 0.15) is 13.8 Å². The average Bonchev–Trinajstić information content (AvgIpc) is 1.58. The number of nitrogens with two attached hydrogens (primary N) is 1. The summed E-state index contributed by atoms with van der Waals surface area (Å²) in [5.74, 6) is 0. The number of hydrogen-bond acceptors (Lipinski definition) is 3. The molecule has 10 heavy (non-hydrogen) atoms. The molecule has 0 saturated carbocycles. The highest BCUT2D eigenvalue weighted by Crippen LogP contribution is 2.33. The van der Waals surface area contributed by atoms with Gasteiger partial charge in [0.15, 0.2) is 0 Å². The lowest BCUT2D eigenvalue weighted by Gasteiger charge is -2.50. The van der Waals surface area contributed by atoms with Crippen LogP contribution in [0.5, 0.6) is 0 Å². The van der Waals surface area contributed by atoms with Gasteiger partial charge in [-0.25, -0.2) is 0 Å². The minimum absolute atomic E-state index is 0.0764. The van der Waals surface area contributed by atoms with Gasteiger partial charge in [0.2, 0.25) is 0 Å². The van der Waals surface area contributed by atoms with Crippen molar-refractivity contribution in [2.75, 3.05) is 19.6 Å². The fraction of sp³-hybridized carbons (Fsp3) is 1.00. The molecular formula is C7H16N2O. The molecule has 1 aliphatic heterocycles. The Morgan fingerprint density at radius 3 is 2.10 bits per heavy atom. The molecule has 0 radical (unpaired) electrons. The molecule has 1 rings (SSSR count). The van der Waals surface area contributed by atoms with E-state index in [1.807, 2.05) is 13.8 Å². The van der Waals surface area contributed by atoms with Crippen molar-refractivity contribution in [1.82, 2.24) is 5.32 Å². The lowest BCUT2D eigenvalue weighted by Crippen LogP contribution is -2.67.